The number of thioether (sulfide) groups is 1. The number of benzene rings is 3. The highest BCUT2D eigenvalue weighted by Gasteiger charge is 2.31. The molecule has 3 rings (SSSR count). The average molecular weight is 509 g/mol. The molecule has 3 aromatic rings. The monoisotopic (exact) mass is 508 g/mol. The number of amides is 2. The summed E-state index contributed by atoms with van der Waals surface area (Å²) < 4.78 is 0. The van der Waals surface area contributed by atoms with E-state index in [4.69, 9.17) is 11.6 Å². The lowest BCUT2D eigenvalue weighted by molar-refractivity contribution is -0.139. The van der Waals surface area contributed by atoms with Crippen molar-refractivity contribution < 1.29 is 9.59 Å². The summed E-state index contributed by atoms with van der Waals surface area (Å²) in [5.41, 5.74) is 2.99. The number of hydrogen-bond donors (Lipinski definition) is 1. The molecular weight excluding hydrogens is 476 g/mol. The second-order valence-electron chi connectivity index (χ2n) is 8.61. The van der Waals surface area contributed by atoms with E-state index in [2.05, 4.69) is 17.4 Å². The van der Waals surface area contributed by atoms with Crippen LogP contribution in [-0.4, -0.2) is 34.6 Å². The van der Waals surface area contributed by atoms with Crippen LogP contribution in [0.1, 0.15) is 37.0 Å². The van der Waals surface area contributed by atoms with Gasteiger partial charge in [0.15, 0.2) is 0 Å². The summed E-state index contributed by atoms with van der Waals surface area (Å²) in [7, 11) is 0. The minimum Gasteiger partial charge on any atom is -0.352 e. The van der Waals surface area contributed by atoms with Crippen LogP contribution >= 0.6 is 23.4 Å². The maximum absolute atomic E-state index is 13.6. The summed E-state index contributed by atoms with van der Waals surface area (Å²) in [4.78, 5) is 28.8. The zero-order valence-electron chi connectivity index (χ0n) is 20.3. The zero-order valence-corrected chi connectivity index (χ0v) is 21.9. The molecule has 1 N–H and O–H groups in total. The Labute approximate surface area is 218 Å². The van der Waals surface area contributed by atoms with Crippen LogP contribution in [0.4, 0.5) is 0 Å². The van der Waals surface area contributed by atoms with Crippen molar-refractivity contribution in [3.05, 3.63) is 107 Å². The lowest BCUT2D eigenvalue weighted by atomic mass is 10.0. The Morgan fingerprint density at radius 3 is 2.14 bits per heavy atom. The third kappa shape index (κ3) is 8.44. The Balaban J connectivity index is 1.87. The van der Waals surface area contributed by atoms with Gasteiger partial charge in [-0.1, -0.05) is 97.4 Å². The van der Waals surface area contributed by atoms with Crippen LogP contribution in [0, 0.1) is 0 Å². The fourth-order valence-corrected chi connectivity index (χ4v) is 4.78. The Hall–Kier alpha value is -2.76. The first kappa shape index (κ1) is 26.8. The number of nitrogens with one attached hydrogen (secondary N) is 1. The number of nitrogens with zero attached hydrogens (tertiary/aromatic N) is 1. The summed E-state index contributed by atoms with van der Waals surface area (Å²) in [5, 5.41) is 3.68. The molecule has 35 heavy (non-hydrogen) atoms. The molecule has 0 unspecified atom stereocenters. The molecule has 6 heteroatoms. The molecular formula is C29H33ClN2O2S. The van der Waals surface area contributed by atoms with E-state index in [9.17, 15) is 9.59 Å². The molecule has 0 aromatic heterocycles. The first-order valence-corrected chi connectivity index (χ1v) is 13.5. The van der Waals surface area contributed by atoms with Gasteiger partial charge in [0.25, 0.3) is 0 Å². The quantitative estimate of drug-likeness (QED) is 0.320. The lowest BCUT2D eigenvalue weighted by Gasteiger charge is -2.32. The Bertz CT molecular complexity index is 1080. The van der Waals surface area contributed by atoms with Crippen LogP contribution in [0.5, 0.6) is 0 Å². The number of halogens is 1. The van der Waals surface area contributed by atoms with E-state index in [1.165, 1.54) is 5.56 Å². The van der Waals surface area contributed by atoms with Crippen LogP contribution in [0.25, 0.3) is 0 Å². The SMILES string of the molecule is CC[C@@H](C)NC(=O)[C@H](Cc1ccccc1)N(Cc1ccccc1Cl)C(=O)CSCc1ccccc1. The number of hydrogen-bond acceptors (Lipinski definition) is 3. The molecule has 4 nitrogen and oxygen atoms in total. The zero-order chi connectivity index (χ0) is 25.0. The van der Waals surface area contributed by atoms with E-state index in [-0.39, 0.29) is 30.2 Å². The van der Waals surface area contributed by atoms with Crippen LogP contribution in [-0.2, 0) is 28.3 Å². The molecule has 0 saturated heterocycles. The van der Waals surface area contributed by atoms with Gasteiger partial charge in [0.05, 0.1) is 5.75 Å². The van der Waals surface area contributed by atoms with E-state index in [1.54, 1.807) is 16.7 Å². The molecule has 2 atom stereocenters. The van der Waals surface area contributed by atoms with Gasteiger partial charge in [-0.3, -0.25) is 9.59 Å². The summed E-state index contributed by atoms with van der Waals surface area (Å²) in [6.45, 7) is 4.28. The van der Waals surface area contributed by atoms with Gasteiger partial charge < -0.3 is 10.2 Å². The fraction of sp³-hybridized carbons (Fsp3) is 0.310. The van der Waals surface area contributed by atoms with Gasteiger partial charge in [0.1, 0.15) is 6.04 Å². The van der Waals surface area contributed by atoms with Crippen molar-refractivity contribution >= 4 is 35.2 Å². The second kappa shape index (κ2) is 14.0. The molecule has 0 bridgehead atoms. The van der Waals surface area contributed by atoms with Crippen LogP contribution in [0.15, 0.2) is 84.9 Å². The third-order valence-corrected chi connectivity index (χ3v) is 7.27. The van der Waals surface area contributed by atoms with Gasteiger partial charge in [0.2, 0.25) is 11.8 Å². The largest absolute Gasteiger partial charge is 0.352 e. The molecule has 2 amide bonds. The maximum Gasteiger partial charge on any atom is 0.243 e. The van der Waals surface area contributed by atoms with Crippen molar-refractivity contribution in [3.8, 4) is 0 Å². The predicted octanol–water partition coefficient (Wildman–Crippen LogP) is 6.13. The van der Waals surface area contributed by atoms with E-state index >= 15 is 0 Å². The Morgan fingerprint density at radius 1 is 0.914 bits per heavy atom. The molecule has 0 radical (unpaired) electrons. The maximum atomic E-state index is 13.6. The van der Waals surface area contributed by atoms with Gasteiger partial charge in [-0.15, -0.1) is 11.8 Å². The van der Waals surface area contributed by atoms with E-state index < -0.39 is 6.04 Å². The normalized spacial score (nSPS) is 12.5. The highest BCUT2D eigenvalue weighted by Crippen LogP contribution is 2.22. The van der Waals surface area contributed by atoms with Crippen molar-refractivity contribution in [2.24, 2.45) is 0 Å². The number of carbonyl (C=O) groups is 2. The van der Waals surface area contributed by atoms with Crippen LogP contribution in [0.2, 0.25) is 5.02 Å². The molecule has 0 saturated carbocycles. The molecule has 0 fully saturated rings. The van der Waals surface area contributed by atoms with Crippen molar-refractivity contribution in [3.63, 3.8) is 0 Å². The first-order valence-electron chi connectivity index (χ1n) is 12.0. The summed E-state index contributed by atoms with van der Waals surface area (Å²) in [6, 6.07) is 26.8. The van der Waals surface area contributed by atoms with E-state index in [0.717, 1.165) is 23.3 Å². The summed E-state index contributed by atoms with van der Waals surface area (Å²) in [6.07, 6.45) is 1.25. The average Bonchev–Trinajstić information content (AvgIpc) is 2.88. The topological polar surface area (TPSA) is 49.4 Å². The lowest BCUT2D eigenvalue weighted by Crippen LogP contribution is -2.52. The van der Waals surface area contributed by atoms with Gasteiger partial charge in [-0.05, 0) is 36.1 Å². The fourth-order valence-electron chi connectivity index (χ4n) is 3.72. The smallest absolute Gasteiger partial charge is 0.243 e. The van der Waals surface area contributed by atoms with Gasteiger partial charge >= 0.3 is 0 Å². The van der Waals surface area contributed by atoms with E-state index in [1.807, 2.05) is 86.6 Å². The first-order chi connectivity index (χ1) is 17.0. The minimum absolute atomic E-state index is 0.0190. The second-order valence-corrected chi connectivity index (χ2v) is 10.0. The molecule has 0 aliphatic carbocycles. The number of carbonyl (C=O) groups excluding carboxylic acids is 2. The van der Waals surface area contributed by atoms with Crippen molar-refractivity contribution in [2.45, 2.75) is 51.1 Å². The molecule has 0 aliphatic heterocycles. The Kier molecular flexibility index (Phi) is 10.7. The summed E-state index contributed by atoms with van der Waals surface area (Å²) >= 11 is 8.02. The molecule has 3 aromatic carbocycles. The predicted molar refractivity (Wildman–Crippen MR) is 146 cm³/mol. The van der Waals surface area contributed by atoms with Gasteiger partial charge in [-0.25, -0.2) is 0 Å². The van der Waals surface area contributed by atoms with Crippen LogP contribution < -0.4 is 5.32 Å². The van der Waals surface area contributed by atoms with Crippen molar-refractivity contribution in [2.75, 3.05) is 5.75 Å². The van der Waals surface area contributed by atoms with Crippen molar-refractivity contribution in [1.82, 2.24) is 10.2 Å². The number of rotatable bonds is 12. The minimum atomic E-state index is -0.646. The summed E-state index contributed by atoms with van der Waals surface area (Å²) in [5.74, 6) is 0.790. The van der Waals surface area contributed by atoms with Gasteiger partial charge in [-0.2, -0.15) is 0 Å². The molecule has 0 heterocycles. The standard InChI is InChI=1S/C29H33ClN2O2S/c1-3-22(2)31-29(34)27(18-23-12-6-4-7-13-23)32(19-25-16-10-11-17-26(25)30)28(33)21-35-20-24-14-8-5-9-15-24/h4-17,22,27H,3,18-21H2,1-2H3,(H,31,34)/t22-,27+/m1/s1. The molecule has 0 spiro atoms. The highest BCUT2D eigenvalue weighted by molar-refractivity contribution is 7.99. The third-order valence-electron chi connectivity index (χ3n) is 5.91. The highest BCUT2D eigenvalue weighted by atomic mass is 35.5. The van der Waals surface area contributed by atoms with E-state index in [0.29, 0.717) is 11.4 Å². The van der Waals surface area contributed by atoms with Crippen LogP contribution in [0.3, 0.4) is 0 Å². The van der Waals surface area contributed by atoms with Crippen molar-refractivity contribution in [1.29, 1.82) is 0 Å². The van der Waals surface area contributed by atoms with Gasteiger partial charge in [0, 0.05) is 29.8 Å². The molecule has 184 valence electrons. The Morgan fingerprint density at radius 2 is 1.51 bits per heavy atom. The molecule has 0 aliphatic rings.